The zero-order valence-electron chi connectivity index (χ0n) is 10.1. The third kappa shape index (κ3) is 2.64. The minimum atomic E-state index is -0.0321. The molecule has 0 bridgehead atoms. The molecule has 1 saturated heterocycles. The van der Waals surface area contributed by atoms with Crippen molar-refractivity contribution >= 4 is 17.5 Å². The monoisotopic (exact) mass is 256 g/mol. The third-order valence-corrected chi connectivity index (χ3v) is 3.56. The summed E-state index contributed by atoms with van der Waals surface area (Å²) in [5.74, 6) is -0.0321. The highest BCUT2D eigenvalue weighted by molar-refractivity contribution is 6.32. The van der Waals surface area contributed by atoms with Crippen molar-refractivity contribution in [2.75, 3.05) is 27.2 Å². The molecule has 1 amide bonds. The molecule has 0 spiro atoms. The number of carbonyl (C=O) groups excluding carboxylic acids is 1. The lowest BCUT2D eigenvalue weighted by Crippen LogP contribution is -2.47. The first-order valence-corrected chi connectivity index (χ1v) is 6.16. The van der Waals surface area contributed by atoms with E-state index in [1.54, 1.807) is 6.07 Å². The predicted molar refractivity (Wildman–Crippen MR) is 66.3 cm³/mol. The summed E-state index contributed by atoms with van der Waals surface area (Å²) in [6, 6.07) is 2.06. The van der Waals surface area contributed by atoms with E-state index in [2.05, 4.69) is 4.90 Å². The summed E-state index contributed by atoms with van der Waals surface area (Å²) in [5.41, 5.74) is 0.464. The van der Waals surface area contributed by atoms with E-state index in [1.807, 2.05) is 19.0 Å². The van der Waals surface area contributed by atoms with Crippen LogP contribution in [0.3, 0.4) is 0 Å². The van der Waals surface area contributed by atoms with Crippen molar-refractivity contribution in [1.29, 1.82) is 0 Å². The summed E-state index contributed by atoms with van der Waals surface area (Å²) in [4.78, 5) is 16.2. The van der Waals surface area contributed by atoms with Crippen LogP contribution in [-0.2, 0) is 0 Å². The molecule has 2 heterocycles. The van der Waals surface area contributed by atoms with E-state index in [1.165, 1.54) is 6.26 Å². The fourth-order valence-corrected chi connectivity index (χ4v) is 2.37. The van der Waals surface area contributed by atoms with Crippen LogP contribution < -0.4 is 0 Å². The SMILES string of the molecule is CN(C)C1CCCN(C(=O)c2ccoc2Cl)C1. The maximum Gasteiger partial charge on any atom is 0.258 e. The second-order valence-electron chi connectivity index (χ2n) is 4.62. The van der Waals surface area contributed by atoms with Gasteiger partial charge in [0, 0.05) is 19.1 Å². The fourth-order valence-electron chi connectivity index (χ4n) is 2.18. The summed E-state index contributed by atoms with van der Waals surface area (Å²) in [7, 11) is 4.09. The molecular weight excluding hydrogens is 240 g/mol. The van der Waals surface area contributed by atoms with Gasteiger partial charge in [0.25, 0.3) is 5.91 Å². The van der Waals surface area contributed by atoms with E-state index < -0.39 is 0 Å². The van der Waals surface area contributed by atoms with Gasteiger partial charge in [-0.1, -0.05) is 0 Å². The van der Waals surface area contributed by atoms with Crippen LogP contribution in [-0.4, -0.2) is 48.9 Å². The Bertz CT molecular complexity index is 403. The Balaban J connectivity index is 2.07. The first-order chi connectivity index (χ1) is 8.09. The van der Waals surface area contributed by atoms with Gasteiger partial charge >= 0.3 is 0 Å². The number of nitrogens with zero attached hydrogens (tertiary/aromatic N) is 2. The van der Waals surface area contributed by atoms with Crippen molar-refractivity contribution in [2.45, 2.75) is 18.9 Å². The Labute approximate surface area is 106 Å². The quantitative estimate of drug-likeness (QED) is 0.813. The van der Waals surface area contributed by atoms with Crippen LogP contribution in [0.25, 0.3) is 0 Å². The summed E-state index contributed by atoms with van der Waals surface area (Å²) >= 11 is 5.83. The van der Waals surface area contributed by atoms with Gasteiger partial charge in [-0.15, -0.1) is 0 Å². The van der Waals surface area contributed by atoms with Crippen LogP contribution in [0.5, 0.6) is 0 Å². The molecule has 0 radical (unpaired) electrons. The van der Waals surface area contributed by atoms with Gasteiger partial charge in [-0.3, -0.25) is 4.79 Å². The number of amides is 1. The van der Waals surface area contributed by atoms with E-state index in [-0.39, 0.29) is 11.1 Å². The molecule has 2 rings (SSSR count). The number of halogens is 1. The first-order valence-electron chi connectivity index (χ1n) is 5.78. The second-order valence-corrected chi connectivity index (χ2v) is 4.96. The molecule has 0 aromatic carbocycles. The lowest BCUT2D eigenvalue weighted by atomic mass is 10.0. The molecule has 1 atom stereocenters. The Hall–Kier alpha value is -1.00. The van der Waals surface area contributed by atoms with Crippen molar-refractivity contribution in [3.63, 3.8) is 0 Å². The maximum atomic E-state index is 12.2. The molecule has 1 unspecified atom stereocenters. The van der Waals surface area contributed by atoms with E-state index in [0.29, 0.717) is 11.6 Å². The van der Waals surface area contributed by atoms with Crippen LogP contribution in [0.15, 0.2) is 16.7 Å². The molecule has 17 heavy (non-hydrogen) atoms. The van der Waals surface area contributed by atoms with E-state index in [4.69, 9.17) is 16.0 Å². The van der Waals surface area contributed by atoms with Crippen LogP contribution >= 0.6 is 11.6 Å². The van der Waals surface area contributed by atoms with Crippen LogP contribution in [0.2, 0.25) is 5.22 Å². The second kappa shape index (κ2) is 5.10. The van der Waals surface area contributed by atoms with Crippen molar-refractivity contribution in [3.05, 3.63) is 23.1 Å². The number of piperidine rings is 1. The van der Waals surface area contributed by atoms with Gasteiger partial charge in [-0.25, -0.2) is 0 Å². The van der Waals surface area contributed by atoms with Gasteiger partial charge in [-0.05, 0) is 44.6 Å². The number of furan rings is 1. The number of rotatable bonds is 2. The van der Waals surface area contributed by atoms with Gasteiger partial charge in [0.05, 0.1) is 11.8 Å². The minimum absolute atomic E-state index is 0.0321. The van der Waals surface area contributed by atoms with Crippen molar-refractivity contribution in [2.24, 2.45) is 0 Å². The normalized spacial score (nSPS) is 20.9. The standard InChI is InChI=1S/C12H17ClN2O2/c1-14(2)9-4-3-6-15(8-9)12(16)10-5-7-17-11(10)13/h5,7,9H,3-4,6,8H2,1-2H3. The van der Waals surface area contributed by atoms with Crippen LogP contribution in [0, 0.1) is 0 Å². The summed E-state index contributed by atoms with van der Waals surface area (Å²) < 4.78 is 4.96. The molecule has 1 aliphatic rings. The molecule has 1 fully saturated rings. The van der Waals surface area contributed by atoms with Crippen molar-refractivity contribution in [3.8, 4) is 0 Å². The average molecular weight is 257 g/mol. The smallest absolute Gasteiger partial charge is 0.258 e. The topological polar surface area (TPSA) is 36.7 Å². The zero-order valence-corrected chi connectivity index (χ0v) is 10.9. The summed E-state index contributed by atoms with van der Waals surface area (Å²) in [6.45, 7) is 1.55. The molecule has 1 aliphatic heterocycles. The molecule has 5 heteroatoms. The maximum absolute atomic E-state index is 12.2. The Morgan fingerprint density at radius 3 is 2.94 bits per heavy atom. The molecule has 0 N–H and O–H groups in total. The van der Waals surface area contributed by atoms with Crippen LogP contribution in [0.1, 0.15) is 23.2 Å². The average Bonchev–Trinajstić information content (AvgIpc) is 2.74. The molecule has 94 valence electrons. The van der Waals surface area contributed by atoms with Gasteiger partial charge in [-0.2, -0.15) is 0 Å². The highest BCUT2D eigenvalue weighted by atomic mass is 35.5. The van der Waals surface area contributed by atoms with Crippen molar-refractivity contribution in [1.82, 2.24) is 9.80 Å². The molecule has 0 saturated carbocycles. The number of likely N-dealkylation sites (tertiary alicyclic amines) is 1. The third-order valence-electron chi connectivity index (χ3n) is 3.26. The first kappa shape index (κ1) is 12.5. The molecule has 1 aromatic heterocycles. The lowest BCUT2D eigenvalue weighted by Gasteiger charge is -2.36. The van der Waals surface area contributed by atoms with E-state index in [0.717, 1.165) is 25.9 Å². The van der Waals surface area contributed by atoms with Gasteiger partial charge in [0.15, 0.2) is 0 Å². The number of hydrogen-bond acceptors (Lipinski definition) is 3. The molecule has 1 aromatic rings. The lowest BCUT2D eigenvalue weighted by molar-refractivity contribution is 0.0634. The highest BCUT2D eigenvalue weighted by Gasteiger charge is 2.27. The molecule has 4 nitrogen and oxygen atoms in total. The Morgan fingerprint density at radius 2 is 2.35 bits per heavy atom. The zero-order chi connectivity index (χ0) is 12.4. The van der Waals surface area contributed by atoms with Gasteiger partial charge < -0.3 is 14.2 Å². The fraction of sp³-hybridized carbons (Fsp3) is 0.583. The Morgan fingerprint density at radius 1 is 1.59 bits per heavy atom. The summed E-state index contributed by atoms with van der Waals surface area (Å²) in [5, 5.41) is 0.182. The van der Waals surface area contributed by atoms with E-state index >= 15 is 0 Å². The largest absolute Gasteiger partial charge is 0.452 e. The predicted octanol–water partition coefficient (Wildman–Crippen LogP) is 2.10. The number of likely N-dealkylation sites (N-methyl/N-ethyl adjacent to an activating group) is 1. The number of hydrogen-bond donors (Lipinski definition) is 0. The minimum Gasteiger partial charge on any atom is -0.452 e. The number of carbonyl (C=O) groups is 1. The van der Waals surface area contributed by atoms with Gasteiger partial charge in [0.1, 0.15) is 0 Å². The molecular formula is C12H17ClN2O2. The Kier molecular flexibility index (Phi) is 3.74. The molecule has 0 aliphatic carbocycles. The van der Waals surface area contributed by atoms with Gasteiger partial charge in [0.2, 0.25) is 5.22 Å². The van der Waals surface area contributed by atoms with Crippen LogP contribution in [0.4, 0.5) is 0 Å². The summed E-state index contributed by atoms with van der Waals surface area (Å²) in [6.07, 6.45) is 3.61. The highest BCUT2D eigenvalue weighted by Crippen LogP contribution is 2.21. The van der Waals surface area contributed by atoms with Crippen molar-refractivity contribution < 1.29 is 9.21 Å². The van der Waals surface area contributed by atoms with E-state index in [9.17, 15) is 4.79 Å².